The summed E-state index contributed by atoms with van der Waals surface area (Å²) in [6.07, 6.45) is 5.07. The van der Waals surface area contributed by atoms with Gasteiger partial charge in [-0.2, -0.15) is 4.31 Å². The molecule has 1 aliphatic carbocycles. The van der Waals surface area contributed by atoms with E-state index in [-0.39, 0.29) is 50.3 Å². The van der Waals surface area contributed by atoms with Crippen molar-refractivity contribution in [1.82, 2.24) is 19.4 Å². The molecular weight excluding hydrogens is 432 g/mol. The number of benzene rings is 1. The predicted molar refractivity (Wildman–Crippen MR) is 118 cm³/mol. The number of nitrogens with zero attached hydrogens (tertiary/aromatic N) is 3. The average Bonchev–Trinajstić information content (AvgIpc) is 2.93. The largest absolute Gasteiger partial charge is 0.338 e. The number of hydrogen-bond donors (Lipinski definition) is 1. The average molecular weight is 463 g/mol. The molecule has 0 aromatic heterocycles. The van der Waals surface area contributed by atoms with Crippen LogP contribution in [0.3, 0.4) is 0 Å². The van der Waals surface area contributed by atoms with E-state index >= 15 is 0 Å². The van der Waals surface area contributed by atoms with Crippen molar-refractivity contribution in [1.29, 1.82) is 0 Å². The minimum atomic E-state index is -3.48. The number of nitrogens with one attached hydrogen (secondary N) is 1. The van der Waals surface area contributed by atoms with E-state index in [9.17, 15) is 22.8 Å². The number of urea groups is 1. The zero-order valence-corrected chi connectivity index (χ0v) is 19.0. The van der Waals surface area contributed by atoms with Gasteiger partial charge in [0.2, 0.25) is 15.9 Å². The van der Waals surface area contributed by atoms with Crippen LogP contribution in [0.4, 0.5) is 4.79 Å². The molecule has 1 saturated carbocycles. The molecule has 2 heterocycles. The van der Waals surface area contributed by atoms with E-state index < -0.39 is 21.6 Å². The summed E-state index contributed by atoms with van der Waals surface area (Å²) >= 11 is 0. The fraction of sp³-hybridized carbons (Fsp3) is 0.591. The molecule has 1 N–H and O–H groups in total. The van der Waals surface area contributed by atoms with Crippen LogP contribution in [0, 0.1) is 0 Å². The van der Waals surface area contributed by atoms with Gasteiger partial charge in [-0.3, -0.25) is 14.5 Å². The van der Waals surface area contributed by atoms with Gasteiger partial charge in [0.1, 0.15) is 12.1 Å². The van der Waals surface area contributed by atoms with Crippen LogP contribution < -0.4 is 5.32 Å². The summed E-state index contributed by atoms with van der Waals surface area (Å²) in [5.41, 5.74) is -0.144. The Morgan fingerprint density at radius 2 is 1.56 bits per heavy atom. The fourth-order valence-corrected chi connectivity index (χ4v) is 6.33. The van der Waals surface area contributed by atoms with Crippen molar-refractivity contribution in [3.8, 4) is 0 Å². The molecular formula is C22H30N4O5S. The predicted octanol–water partition coefficient (Wildman–Crippen LogP) is 1.31. The first-order chi connectivity index (χ1) is 15.3. The molecule has 1 aromatic rings. The Morgan fingerprint density at radius 1 is 0.938 bits per heavy atom. The second-order valence-corrected chi connectivity index (χ2v) is 10.8. The topological polar surface area (TPSA) is 107 Å². The number of imide groups is 1. The van der Waals surface area contributed by atoms with Crippen LogP contribution in [0.5, 0.6) is 0 Å². The van der Waals surface area contributed by atoms with Crippen molar-refractivity contribution in [2.24, 2.45) is 0 Å². The van der Waals surface area contributed by atoms with E-state index in [1.807, 2.05) is 6.07 Å². The van der Waals surface area contributed by atoms with Gasteiger partial charge in [0.05, 0.1) is 5.75 Å². The van der Waals surface area contributed by atoms with Gasteiger partial charge in [0, 0.05) is 26.2 Å². The highest BCUT2D eigenvalue weighted by atomic mass is 32.2. The van der Waals surface area contributed by atoms with Gasteiger partial charge in [-0.15, -0.1) is 0 Å². The SMILES string of the molecule is O=C(CN1C(=O)NC2(CCCCCC2)C1=O)N1CCN(S(=O)(=O)Cc2ccccc2)CC1. The molecule has 10 heteroatoms. The zero-order valence-electron chi connectivity index (χ0n) is 18.2. The van der Waals surface area contributed by atoms with Gasteiger partial charge in [0.15, 0.2) is 0 Å². The Bertz CT molecular complexity index is 965. The second kappa shape index (κ2) is 9.19. The Morgan fingerprint density at radius 3 is 2.19 bits per heavy atom. The highest BCUT2D eigenvalue weighted by Crippen LogP contribution is 2.32. The Hall–Kier alpha value is -2.46. The molecule has 3 fully saturated rings. The highest BCUT2D eigenvalue weighted by molar-refractivity contribution is 7.88. The summed E-state index contributed by atoms with van der Waals surface area (Å²) < 4.78 is 26.8. The third-order valence-corrected chi connectivity index (χ3v) is 8.52. The lowest BCUT2D eigenvalue weighted by molar-refractivity contribution is -0.139. The molecule has 4 amide bonds. The van der Waals surface area contributed by atoms with Gasteiger partial charge >= 0.3 is 6.03 Å². The first-order valence-electron chi connectivity index (χ1n) is 11.2. The molecule has 4 rings (SSSR count). The summed E-state index contributed by atoms with van der Waals surface area (Å²) in [7, 11) is -3.48. The molecule has 2 aliphatic heterocycles. The van der Waals surface area contributed by atoms with Crippen molar-refractivity contribution in [2.75, 3.05) is 32.7 Å². The van der Waals surface area contributed by atoms with Crippen LogP contribution in [0.2, 0.25) is 0 Å². The van der Waals surface area contributed by atoms with Crippen LogP contribution in [0.25, 0.3) is 0 Å². The maximum absolute atomic E-state index is 13.0. The first-order valence-corrected chi connectivity index (χ1v) is 12.9. The minimum Gasteiger partial charge on any atom is -0.338 e. The maximum atomic E-state index is 13.0. The third-order valence-electron chi connectivity index (χ3n) is 6.67. The lowest BCUT2D eigenvalue weighted by atomic mass is 9.90. The molecule has 0 atom stereocenters. The number of piperazine rings is 1. The second-order valence-electron chi connectivity index (χ2n) is 8.84. The summed E-state index contributed by atoms with van der Waals surface area (Å²) in [4.78, 5) is 40.9. The van der Waals surface area contributed by atoms with Crippen LogP contribution in [-0.2, 0) is 25.4 Å². The molecule has 0 bridgehead atoms. The van der Waals surface area contributed by atoms with Gasteiger partial charge in [-0.05, 0) is 18.4 Å². The number of amides is 4. The monoisotopic (exact) mass is 462 g/mol. The number of carbonyl (C=O) groups is 3. The molecule has 0 unspecified atom stereocenters. The number of rotatable bonds is 5. The fourth-order valence-electron chi connectivity index (χ4n) is 4.82. The number of sulfonamides is 1. The molecule has 32 heavy (non-hydrogen) atoms. The molecule has 174 valence electrons. The van der Waals surface area contributed by atoms with E-state index in [0.29, 0.717) is 12.8 Å². The van der Waals surface area contributed by atoms with E-state index in [2.05, 4.69) is 5.32 Å². The summed E-state index contributed by atoms with van der Waals surface area (Å²) in [5, 5.41) is 2.85. The smallest absolute Gasteiger partial charge is 0.325 e. The number of carbonyl (C=O) groups excluding carboxylic acids is 3. The van der Waals surface area contributed by atoms with Crippen molar-refractivity contribution in [3.63, 3.8) is 0 Å². The van der Waals surface area contributed by atoms with Crippen LogP contribution in [0.15, 0.2) is 30.3 Å². The quantitative estimate of drug-likeness (QED) is 0.664. The zero-order chi connectivity index (χ0) is 22.8. The van der Waals surface area contributed by atoms with E-state index in [0.717, 1.165) is 36.1 Å². The van der Waals surface area contributed by atoms with Gasteiger partial charge in [-0.25, -0.2) is 13.2 Å². The van der Waals surface area contributed by atoms with Gasteiger partial charge in [0.25, 0.3) is 5.91 Å². The Kier molecular flexibility index (Phi) is 6.52. The standard InChI is InChI=1S/C22H30N4O5S/c27-19(16-26-20(28)22(23-21(26)29)10-6-1-2-7-11-22)24-12-14-25(15-13-24)32(30,31)17-18-8-4-3-5-9-18/h3-5,8-9H,1-2,6-7,10-17H2,(H,23,29). The first kappa shape index (κ1) is 22.7. The molecule has 0 radical (unpaired) electrons. The minimum absolute atomic E-state index is 0.0771. The van der Waals surface area contributed by atoms with Crippen LogP contribution in [-0.4, -0.2) is 78.6 Å². The normalized spacial score (nSPS) is 22.1. The van der Waals surface area contributed by atoms with Crippen LogP contribution >= 0.6 is 0 Å². The maximum Gasteiger partial charge on any atom is 0.325 e. The van der Waals surface area contributed by atoms with E-state index in [1.165, 1.54) is 9.21 Å². The third kappa shape index (κ3) is 4.66. The van der Waals surface area contributed by atoms with E-state index in [1.54, 1.807) is 24.3 Å². The summed E-state index contributed by atoms with van der Waals surface area (Å²) in [6, 6.07) is 8.48. The lowest BCUT2D eigenvalue weighted by Crippen LogP contribution is -2.53. The van der Waals surface area contributed by atoms with Gasteiger partial charge < -0.3 is 10.2 Å². The van der Waals surface area contributed by atoms with Gasteiger partial charge in [-0.1, -0.05) is 56.0 Å². The molecule has 2 saturated heterocycles. The highest BCUT2D eigenvalue weighted by Gasteiger charge is 2.51. The lowest BCUT2D eigenvalue weighted by Gasteiger charge is -2.34. The van der Waals surface area contributed by atoms with Crippen molar-refractivity contribution >= 4 is 27.9 Å². The van der Waals surface area contributed by atoms with Crippen LogP contribution in [0.1, 0.15) is 44.1 Å². The Balaban J connectivity index is 1.33. The summed E-state index contributed by atoms with van der Waals surface area (Å²) in [5.74, 6) is -0.715. The molecule has 1 aromatic carbocycles. The number of hydrogen-bond acceptors (Lipinski definition) is 5. The van der Waals surface area contributed by atoms with Crippen molar-refractivity contribution < 1.29 is 22.8 Å². The molecule has 9 nitrogen and oxygen atoms in total. The summed E-state index contributed by atoms with van der Waals surface area (Å²) in [6.45, 7) is 0.572. The van der Waals surface area contributed by atoms with Crippen molar-refractivity contribution in [3.05, 3.63) is 35.9 Å². The Labute approximate surface area is 188 Å². The van der Waals surface area contributed by atoms with Crippen molar-refractivity contribution in [2.45, 2.75) is 49.8 Å². The molecule has 1 spiro atoms. The molecule has 3 aliphatic rings. The van der Waals surface area contributed by atoms with E-state index in [4.69, 9.17) is 0 Å².